The van der Waals surface area contributed by atoms with Gasteiger partial charge in [-0.2, -0.15) is 0 Å². The van der Waals surface area contributed by atoms with Crippen LogP contribution in [0.15, 0.2) is 30.4 Å². The summed E-state index contributed by atoms with van der Waals surface area (Å²) in [6, 6.07) is 5.22. The fourth-order valence-corrected chi connectivity index (χ4v) is 3.12. The predicted octanol–water partition coefficient (Wildman–Crippen LogP) is 2.63. The molecule has 1 atom stereocenters. The van der Waals surface area contributed by atoms with E-state index in [4.69, 9.17) is 5.11 Å². The Bertz CT molecular complexity index is 606. The molecule has 1 aromatic rings. The zero-order valence-electron chi connectivity index (χ0n) is 11.9. The number of benzene rings is 1. The van der Waals surface area contributed by atoms with Gasteiger partial charge in [-0.1, -0.05) is 18.2 Å². The number of aromatic carboxylic acids is 1. The zero-order valence-corrected chi connectivity index (χ0v) is 11.9. The minimum absolute atomic E-state index is 0.179. The molecule has 2 aliphatic rings. The number of fused-ring (bicyclic) bond motifs is 1. The first-order chi connectivity index (χ1) is 10.1. The molecule has 0 radical (unpaired) electrons. The summed E-state index contributed by atoms with van der Waals surface area (Å²) in [4.78, 5) is 25.3. The van der Waals surface area contributed by atoms with Crippen molar-refractivity contribution in [2.75, 3.05) is 6.54 Å². The fraction of sp³-hybridized carbons (Fsp3) is 0.412. The van der Waals surface area contributed by atoms with E-state index in [0.29, 0.717) is 24.4 Å². The molecule has 0 saturated heterocycles. The van der Waals surface area contributed by atoms with Crippen molar-refractivity contribution in [2.45, 2.75) is 32.2 Å². The molecule has 4 nitrogen and oxygen atoms in total. The molecule has 0 fully saturated rings. The second-order valence-corrected chi connectivity index (χ2v) is 5.82. The molecule has 1 amide bonds. The molecule has 1 unspecified atom stereocenters. The van der Waals surface area contributed by atoms with Crippen LogP contribution in [0.3, 0.4) is 0 Å². The summed E-state index contributed by atoms with van der Waals surface area (Å²) < 4.78 is 0. The third-order valence-electron chi connectivity index (χ3n) is 4.37. The van der Waals surface area contributed by atoms with E-state index in [0.717, 1.165) is 36.9 Å². The lowest BCUT2D eigenvalue weighted by Crippen LogP contribution is -2.36. The second-order valence-electron chi connectivity index (χ2n) is 5.82. The summed E-state index contributed by atoms with van der Waals surface area (Å²) in [6.45, 7) is 1.26. The van der Waals surface area contributed by atoms with Crippen molar-refractivity contribution in [3.63, 3.8) is 0 Å². The average molecular weight is 285 g/mol. The maximum Gasteiger partial charge on any atom is 0.335 e. The molecule has 21 heavy (non-hydrogen) atoms. The van der Waals surface area contributed by atoms with E-state index < -0.39 is 5.97 Å². The number of amides is 1. The van der Waals surface area contributed by atoms with Gasteiger partial charge in [-0.3, -0.25) is 4.79 Å². The van der Waals surface area contributed by atoms with Crippen LogP contribution in [0.2, 0.25) is 0 Å². The summed E-state index contributed by atoms with van der Waals surface area (Å²) >= 11 is 0. The van der Waals surface area contributed by atoms with Gasteiger partial charge in [-0.05, 0) is 48.4 Å². The molecule has 0 aromatic heterocycles. The number of hydrogen-bond acceptors (Lipinski definition) is 2. The third-order valence-corrected chi connectivity index (χ3v) is 4.37. The molecule has 0 saturated carbocycles. The van der Waals surface area contributed by atoms with Crippen LogP contribution in [-0.2, 0) is 17.8 Å². The summed E-state index contributed by atoms with van der Waals surface area (Å²) in [5.74, 6) is -0.362. The first-order valence-electron chi connectivity index (χ1n) is 7.43. The van der Waals surface area contributed by atoms with Crippen LogP contribution in [0.5, 0.6) is 0 Å². The largest absolute Gasteiger partial charge is 0.478 e. The van der Waals surface area contributed by atoms with E-state index >= 15 is 0 Å². The molecule has 1 aromatic carbocycles. The normalized spacial score (nSPS) is 20.4. The highest BCUT2D eigenvalue weighted by atomic mass is 16.4. The van der Waals surface area contributed by atoms with Gasteiger partial charge in [0.15, 0.2) is 0 Å². The summed E-state index contributed by atoms with van der Waals surface area (Å²) in [5.41, 5.74) is 2.42. The van der Waals surface area contributed by atoms with Gasteiger partial charge in [0.25, 0.3) is 0 Å². The fourth-order valence-electron chi connectivity index (χ4n) is 3.12. The number of carboxylic acid groups (broad SMARTS) is 1. The van der Waals surface area contributed by atoms with Gasteiger partial charge in [0.2, 0.25) is 5.91 Å². The SMILES string of the molecule is O=C(O)c1ccc2c(c1)CN(C(=O)CC1C=CCC1)CC2. The molecular weight excluding hydrogens is 266 g/mol. The minimum atomic E-state index is -0.919. The Morgan fingerprint density at radius 1 is 1.29 bits per heavy atom. The smallest absolute Gasteiger partial charge is 0.335 e. The number of carbonyl (C=O) groups is 2. The van der Waals surface area contributed by atoms with Crippen molar-refractivity contribution < 1.29 is 14.7 Å². The third kappa shape index (κ3) is 2.99. The van der Waals surface area contributed by atoms with E-state index in [2.05, 4.69) is 12.2 Å². The van der Waals surface area contributed by atoms with E-state index in [9.17, 15) is 9.59 Å². The van der Waals surface area contributed by atoms with Crippen LogP contribution in [0.25, 0.3) is 0 Å². The predicted molar refractivity (Wildman–Crippen MR) is 79.0 cm³/mol. The number of nitrogens with zero attached hydrogens (tertiary/aromatic N) is 1. The Morgan fingerprint density at radius 2 is 2.14 bits per heavy atom. The van der Waals surface area contributed by atoms with Gasteiger partial charge < -0.3 is 10.0 Å². The Labute approximate surface area is 124 Å². The second kappa shape index (κ2) is 5.72. The van der Waals surface area contributed by atoms with Gasteiger partial charge in [0, 0.05) is 19.5 Å². The first kappa shape index (κ1) is 13.9. The highest BCUT2D eigenvalue weighted by Gasteiger charge is 2.23. The van der Waals surface area contributed by atoms with E-state index in [-0.39, 0.29) is 5.91 Å². The summed E-state index contributed by atoms with van der Waals surface area (Å²) in [6.07, 6.45) is 7.80. The molecule has 3 rings (SSSR count). The zero-order chi connectivity index (χ0) is 14.8. The van der Waals surface area contributed by atoms with Crippen LogP contribution in [0.1, 0.15) is 40.7 Å². The lowest BCUT2D eigenvalue weighted by atomic mass is 9.96. The molecule has 0 spiro atoms. The van der Waals surface area contributed by atoms with Gasteiger partial charge >= 0.3 is 5.97 Å². The van der Waals surface area contributed by atoms with Crippen molar-refractivity contribution in [3.05, 3.63) is 47.0 Å². The highest BCUT2D eigenvalue weighted by molar-refractivity contribution is 5.88. The average Bonchev–Trinajstić information content (AvgIpc) is 2.98. The van der Waals surface area contributed by atoms with E-state index in [1.165, 1.54) is 0 Å². The number of carboxylic acids is 1. The van der Waals surface area contributed by atoms with Gasteiger partial charge in [-0.15, -0.1) is 0 Å². The van der Waals surface area contributed by atoms with Crippen molar-refractivity contribution in [1.29, 1.82) is 0 Å². The Morgan fingerprint density at radius 3 is 2.86 bits per heavy atom. The van der Waals surface area contributed by atoms with Crippen molar-refractivity contribution in [1.82, 2.24) is 4.90 Å². The topological polar surface area (TPSA) is 57.6 Å². The molecule has 1 aliphatic heterocycles. The van der Waals surface area contributed by atoms with E-state index in [1.807, 2.05) is 11.0 Å². The number of carbonyl (C=O) groups excluding carboxylic acids is 1. The quantitative estimate of drug-likeness (QED) is 0.869. The van der Waals surface area contributed by atoms with Crippen LogP contribution < -0.4 is 0 Å². The van der Waals surface area contributed by atoms with Crippen molar-refractivity contribution in [2.24, 2.45) is 5.92 Å². The highest BCUT2D eigenvalue weighted by Crippen LogP contribution is 2.25. The standard InChI is InChI=1S/C17H19NO3/c19-16(9-12-3-1-2-4-12)18-8-7-13-5-6-14(17(20)21)10-15(13)11-18/h1,3,5-6,10,12H,2,4,7-9,11H2,(H,20,21). The van der Waals surface area contributed by atoms with Gasteiger partial charge in [0.05, 0.1) is 5.56 Å². The minimum Gasteiger partial charge on any atom is -0.478 e. The summed E-state index contributed by atoms with van der Waals surface area (Å²) in [7, 11) is 0. The van der Waals surface area contributed by atoms with Crippen LogP contribution in [0, 0.1) is 5.92 Å². The molecule has 4 heteroatoms. The summed E-state index contributed by atoms with van der Waals surface area (Å²) in [5, 5.41) is 9.06. The monoisotopic (exact) mass is 285 g/mol. The van der Waals surface area contributed by atoms with Gasteiger partial charge in [0.1, 0.15) is 0 Å². The van der Waals surface area contributed by atoms with Crippen LogP contribution in [0.4, 0.5) is 0 Å². The number of rotatable bonds is 3. The van der Waals surface area contributed by atoms with Crippen molar-refractivity contribution in [3.8, 4) is 0 Å². The van der Waals surface area contributed by atoms with Crippen molar-refractivity contribution >= 4 is 11.9 Å². The molecule has 0 bridgehead atoms. The maximum atomic E-state index is 12.4. The van der Waals surface area contributed by atoms with Crippen LogP contribution in [-0.4, -0.2) is 28.4 Å². The molecule has 1 aliphatic carbocycles. The number of hydrogen-bond donors (Lipinski definition) is 1. The lowest BCUT2D eigenvalue weighted by molar-refractivity contribution is -0.132. The first-order valence-corrected chi connectivity index (χ1v) is 7.43. The van der Waals surface area contributed by atoms with Gasteiger partial charge in [-0.25, -0.2) is 4.79 Å². The Kier molecular flexibility index (Phi) is 3.78. The molecule has 1 N–H and O–H groups in total. The molecule has 1 heterocycles. The maximum absolute atomic E-state index is 12.4. The Balaban J connectivity index is 1.70. The van der Waals surface area contributed by atoms with Crippen LogP contribution >= 0.6 is 0 Å². The number of allylic oxidation sites excluding steroid dienone is 2. The Hall–Kier alpha value is -2.10. The molecule has 110 valence electrons. The molecular formula is C17H19NO3. The van der Waals surface area contributed by atoms with E-state index in [1.54, 1.807) is 12.1 Å². The lowest BCUT2D eigenvalue weighted by Gasteiger charge is -2.30.